The molecule has 0 bridgehead atoms. The molecule has 0 amide bonds. The number of fused-ring (bicyclic) bond motifs is 1. The van der Waals surface area contributed by atoms with Crippen LogP contribution in [0.4, 0.5) is 10.1 Å². The molecule has 3 heterocycles. The maximum atomic E-state index is 15.3. The fraction of sp³-hybridized carbons (Fsp3) is 0.412. The van der Waals surface area contributed by atoms with Gasteiger partial charge in [0, 0.05) is 18.7 Å². The summed E-state index contributed by atoms with van der Waals surface area (Å²) in [5.74, 6) is 0.226. The summed E-state index contributed by atoms with van der Waals surface area (Å²) < 4.78 is 27.6. The highest BCUT2D eigenvalue weighted by atomic mass is 19.1. The first-order chi connectivity index (χ1) is 12.5. The Morgan fingerprint density at radius 2 is 2.04 bits per heavy atom. The second-order valence-corrected chi connectivity index (χ2v) is 6.53. The second kappa shape index (κ2) is 6.17. The van der Waals surface area contributed by atoms with E-state index in [2.05, 4.69) is 15.2 Å². The van der Waals surface area contributed by atoms with Crippen LogP contribution in [0.15, 0.2) is 16.9 Å². The van der Waals surface area contributed by atoms with E-state index < -0.39 is 5.82 Å². The summed E-state index contributed by atoms with van der Waals surface area (Å²) in [5, 5.41) is 8.45. The fourth-order valence-corrected chi connectivity index (χ4v) is 3.42. The first kappa shape index (κ1) is 16.6. The Bertz CT molecular complexity index is 972. The molecule has 1 aliphatic heterocycles. The summed E-state index contributed by atoms with van der Waals surface area (Å²) in [6.07, 6.45) is 1.96. The summed E-state index contributed by atoms with van der Waals surface area (Å²) in [7, 11) is 0. The van der Waals surface area contributed by atoms with Crippen molar-refractivity contribution in [3.05, 3.63) is 29.6 Å². The van der Waals surface area contributed by atoms with Crippen LogP contribution in [0.2, 0.25) is 0 Å². The molecule has 2 unspecified atom stereocenters. The maximum absolute atomic E-state index is 15.3. The molecular weight excluding hydrogens is 341 g/mol. The van der Waals surface area contributed by atoms with Gasteiger partial charge in [-0.2, -0.15) is 9.78 Å². The summed E-state index contributed by atoms with van der Waals surface area (Å²) in [5.41, 5.74) is 0.435. The van der Waals surface area contributed by atoms with Crippen molar-refractivity contribution >= 4 is 22.9 Å². The zero-order valence-electron chi connectivity index (χ0n) is 14.6. The zero-order valence-corrected chi connectivity index (χ0v) is 14.6. The van der Waals surface area contributed by atoms with Crippen molar-refractivity contribution in [2.75, 3.05) is 18.0 Å². The maximum Gasteiger partial charge on any atom is 0.206 e. The third-order valence-electron chi connectivity index (χ3n) is 4.38. The number of carbonyl (C=O) groups excluding carboxylic acids is 1. The minimum atomic E-state index is -0.610. The van der Waals surface area contributed by atoms with Crippen LogP contribution in [-0.4, -0.2) is 51.5 Å². The largest absolute Gasteiger partial charge is 0.372 e. The van der Waals surface area contributed by atoms with E-state index in [4.69, 9.17) is 9.26 Å². The SMILES string of the molecule is Cc1ncn(-c2noc3c(F)c(N4CC(C)OC(C)C4)c(C=O)cc23)n1. The standard InChI is InChI=1S/C17H18FN5O3/c1-9-5-22(6-10(2)25-9)15-12(7-24)4-13-16(14(15)18)26-21-17(13)23-8-19-11(3)20-23/h4,7-10H,5-6H2,1-3H3. The van der Waals surface area contributed by atoms with Gasteiger partial charge in [-0.25, -0.2) is 9.37 Å². The summed E-state index contributed by atoms with van der Waals surface area (Å²) in [6, 6.07) is 1.58. The molecule has 136 valence electrons. The van der Waals surface area contributed by atoms with Crippen molar-refractivity contribution in [2.45, 2.75) is 33.0 Å². The van der Waals surface area contributed by atoms with Crippen LogP contribution < -0.4 is 4.90 Å². The van der Waals surface area contributed by atoms with Crippen molar-refractivity contribution in [1.82, 2.24) is 19.9 Å². The van der Waals surface area contributed by atoms with Crippen molar-refractivity contribution in [1.29, 1.82) is 0 Å². The molecular formula is C17H18FN5O3. The van der Waals surface area contributed by atoms with Gasteiger partial charge in [0.2, 0.25) is 11.4 Å². The number of hydrogen-bond acceptors (Lipinski definition) is 7. The average Bonchev–Trinajstić information content (AvgIpc) is 3.19. The Hall–Kier alpha value is -2.81. The number of hydrogen-bond donors (Lipinski definition) is 0. The molecule has 0 aliphatic carbocycles. The quantitative estimate of drug-likeness (QED) is 0.663. The third-order valence-corrected chi connectivity index (χ3v) is 4.38. The van der Waals surface area contributed by atoms with Gasteiger partial charge in [0.25, 0.3) is 0 Å². The summed E-state index contributed by atoms with van der Waals surface area (Å²) in [6.45, 7) is 6.53. The lowest BCUT2D eigenvalue weighted by Crippen LogP contribution is -2.46. The van der Waals surface area contributed by atoms with Crippen LogP contribution in [-0.2, 0) is 4.74 Å². The minimum Gasteiger partial charge on any atom is -0.372 e. The Morgan fingerprint density at radius 3 is 2.65 bits per heavy atom. The predicted octanol–water partition coefficient (Wildman–Crippen LogP) is 2.28. The van der Waals surface area contributed by atoms with Gasteiger partial charge in [0.15, 0.2) is 12.1 Å². The molecule has 26 heavy (non-hydrogen) atoms. The Kier molecular flexibility index (Phi) is 3.95. The Morgan fingerprint density at radius 1 is 1.31 bits per heavy atom. The molecule has 2 aromatic heterocycles. The van der Waals surface area contributed by atoms with Gasteiger partial charge < -0.3 is 14.2 Å². The Labute approximate surface area is 148 Å². The monoisotopic (exact) mass is 359 g/mol. The fourth-order valence-electron chi connectivity index (χ4n) is 3.42. The van der Waals surface area contributed by atoms with E-state index in [0.29, 0.717) is 30.6 Å². The topological polar surface area (TPSA) is 86.3 Å². The van der Waals surface area contributed by atoms with Gasteiger partial charge in [-0.3, -0.25) is 4.79 Å². The highest BCUT2D eigenvalue weighted by molar-refractivity contribution is 5.97. The summed E-state index contributed by atoms with van der Waals surface area (Å²) in [4.78, 5) is 17.5. The molecule has 1 aliphatic rings. The minimum absolute atomic E-state index is 0.0134. The molecule has 1 saturated heterocycles. The van der Waals surface area contributed by atoms with Crippen LogP contribution in [0, 0.1) is 12.7 Å². The van der Waals surface area contributed by atoms with E-state index in [0.717, 1.165) is 0 Å². The molecule has 9 heteroatoms. The first-order valence-electron chi connectivity index (χ1n) is 8.34. The second-order valence-electron chi connectivity index (χ2n) is 6.53. The highest BCUT2D eigenvalue weighted by Crippen LogP contribution is 2.35. The lowest BCUT2D eigenvalue weighted by Gasteiger charge is -2.37. The molecule has 0 N–H and O–H groups in total. The van der Waals surface area contributed by atoms with Crippen molar-refractivity contribution < 1.29 is 18.4 Å². The van der Waals surface area contributed by atoms with Gasteiger partial charge in [0.1, 0.15) is 12.2 Å². The van der Waals surface area contributed by atoms with Gasteiger partial charge >= 0.3 is 0 Å². The normalized spacial score (nSPS) is 20.7. The highest BCUT2D eigenvalue weighted by Gasteiger charge is 2.29. The number of aromatic nitrogens is 4. The number of halogens is 1. The van der Waals surface area contributed by atoms with E-state index in [-0.39, 0.29) is 34.9 Å². The summed E-state index contributed by atoms with van der Waals surface area (Å²) >= 11 is 0. The van der Waals surface area contributed by atoms with Gasteiger partial charge in [0.05, 0.1) is 23.3 Å². The number of carbonyl (C=O) groups is 1. The molecule has 3 aromatic rings. The molecule has 4 rings (SSSR count). The smallest absolute Gasteiger partial charge is 0.206 e. The lowest BCUT2D eigenvalue weighted by atomic mass is 10.1. The predicted molar refractivity (Wildman–Crippen MR) is 91.2 cm³/mol. The third kappa shape index (κ3) is 2.64. The number of aldehydes is 1. The molecule has 0 spiro atoms. The number of ether oxygens (including phenoxy) is 1. The molecule has 0 saturated carbocycles. The van der Waals surface area contributed by atoms with E-state index in [1.54, 1.807) is 13.0 Å². The van der Waals surface area contributed by atoms with Gasteiger partial charge in [-0.05, 0) is 26.8 Å². The van der Waals surface area contributed by atoms with Crippen LogP contribution in [0.25, 0.3) is 16.8 Å². The molecule has 2 atom stereocenters. The van der Waals surface area contributed by atoms with Crippen LogP contribution >= 0.6 is 0 Å². The van der Waals surface area contributed by atoms with Crippen molar-refractivity contribution in [3.63, 3.8) is 0 Å². The number of rotatable bonds is 3. The molecule has 1 aromatic carbocycles. The number of benzene rings is 1. The molecule has 0 radical (unpaired) electrons. The Balaban J connectivity index is 1.87. The van der Waals surface area contributed by atoms with Crippen LogP contribution in [0.3, 0.4) is 0 Å². The number of aryl methyl sites for hydroxylation is 1. The van der Waals surface area contributed by atoms with Crippen LogP contribution in [0.1, 0.15) is 30.0 Å². The number of nitrogens with zero attached hydrogens (tertiary/aromatic N) is 5. The van der Waals surface area contributed by atoms with E-state index in [1.165, 1.54) is 11.0 Å². The number of morpholine rings is 1. The van der Waals surface area contributed by atoms with E-state index in [9.17, 15) is 4.79 Å². The first-order valence-corrected chi connectivity index (χ1v) is 8.34. The zero-order chi connectivity index (χ0) is 18.4. The lowest BCUT2D eigenvalue weighted by molar-refractivity contribution is -0.00543. The van der Waals surface area contributed by atoms with Crippen molar-refractivity contribution in [2.24, 2.45) is 0 Å². The van der Waals surface area contributed by atoms with E-state index in [1.807, 2.05) is 18.7 Å². The van der Waals surface area contributed by atoms with Crippen LogP contribution in [0.5, 0.6) is 0 Å². The molecule has 8 nitrogen and oxygen atoms in total. The van der Waals surface area contributed by atoms with E-state index >= 15 is 4.39 Å². The van der Waals surface area contributed by atoms with Gasteiger partial charge in [-0.15, -0.1) is 0 Å². The van der Waals surface area contributed by atoms with Crippen molar-refractivity contribution in [3.8, 4) is 5.82 Å². The van der Waals surface area contributed by atoms with Gasteiger partial charge in [-0.1, -0.05) is 5.16 Å². The molecule has 1 fully saturated rings. The number of anilines is 1. The average molecular weight is 359 g/mol.